The van der Waals surface area contributed by atoms with Crippen LogP contribution >= 0.6 is 0 Å². The van der Waals surface area contributed by atoms with Crippen molar-refractivity contribution in [1.82, 2.24) is 19.4 Å². The van der Waals surface area contributed by atoms with Crippen molar-refractivity contribution < 1.29 is 9.18 Å². The number of carbonyl (C=O) groups excluding carboxylic acids is 1. The number of nitrogens with one attached hydrogen (secondary N) is 1. The molecular weight excluding hydrogens is 357 g/mol. The number of para-hydroxylation sites is 1. The highest BCUT2D eigenvalue weighted by molar-refractivity contribution is 5.89. The van der Waals surface area contributed by atoms with Gasteiger partial charge in [0.1, 0.15) is 11.6 Å². The Hall–Kier alpha value is -3.22. The Labute approximate surface area is 163 Å². The molecule has 0 unspecified atom stereocenters. The Morgan fingerprint density at radius 3 is 2.82 bits per heavy atom. The summed E-state index contributed by atoms with van der Waals surface area (Å²) in [4.78, 5) is 23.0. The average Bonchev–Trinajstić information content (AvgIpc) is 3.19. The molecule has 2 amide bonds. The van der Waals surface area contributed by atoms with Gasteiger partial charge in [-0.05, 0) is 42.7 Å². The first-order valence-electron chi connectivity index (χ1n) is 9.41. The number of likely N-dealkylation sites (tertiary alicyclic amines) is 1. The largest absolute Gasteiger partial charge is 0.330 e. The quantitative estimate of drug-likeness (QED) is 0.748. The predicted molar refractivity (Wildman–Crippen MR) is 105 cm³/mol. The van der Waals surface area contributed by atoms with Gasteiger partial charge in [-0.1, -0.05) is 12.1 Å². The molecule has 0 saturated carbocycles. The van der Waals surface area contributed by atoms with E-state index < -0.39 is 5.82 Å². The van der Waals surface area contributed by atoms with Crippen molar-refractivity contribution in [3.63, 3.8) is 0 Å². The molecule has 1 aromatic carbocycles. The van der Waals surface area contributed by atoms with Crippen LogP contribution in [-0.4, -0.2) is 38.6 Å². The predicted octanol–water partition coefficient (Wildman–Crippen LogP) is 3.88. The molecule has 0 bridgehead atoms. The van der Waals surface area contributed by atoms with Crippen LogP contribution < -0.4 is 5.32 Å². The van der Waals surface area contributed by atoms with Gasteiger partial charge in [0.25, 0.3) is 0 Å². The van der Waals surface area contributed by atoms with Crippen molar-refractivity contribution in [3.05, 3.63) is 78.4 Å². The second-order valence-electron chi connectivity index (χ2n) is 6.96. The van der Waals surface area contributed by atoms with E-state index in [0.717, 1.165) is 30.8 Å². The Morgan fingerprint density at radius 2 is 2.00 bits per heavy atom. The van der Waals surface area contributed by atoms with Crippen LogP contribution in [0, 0.1) is 5.82 Å². The van der Waals surface area contributed by atoms with Crippen LogP contribution in [0.5, 0.6) is 0 Å². The number of amides is 2. The number of anilines is 1. The molecule has 1 aliphatic heterocycles. The molecule has 0 aliphatic carbocycles. The molecule has 1 aliphatic rings. The normalized spacial score (nSPS) is 16.8. The van der Waals surface area contributed by atoms with E-state index in [0.29, 0.717) is 13.1 Å². The number of pyridine rings is 1. The average molecular weight is 379 g/mol. The minimum absolute atomic E-state index is 0.150. The molecule has 6 nitrogen and oxygen atoms in total. The van der Waals surface area contributed by atoms with Crippen molar-refractivity contribution >= 4 is 11.7 Å². The SMILES string of the molecule is O=C(Nc1ccccc1F)N1CCC[C@@H](c2nccn2Cc2ccncc2)C1. The number of imidazole rings is 1. The third kappa shape index (κ3) is 4.03. The minimum atomic E-state index is -0.433. The zero-order chi connectivity index (χ0) is 19.3. The van der Waals surface area contributed by atoms with Gasteiger partial charge in [0.05, 0.1) is 5.69 Å². The molecule has 0 spiro atoms. The highest BCUT2D eigenvalue weighted by Gasteiger charge is 2.27. The van der Waals surface area contributed by atoms with Gasteiger partial charge in [-0.2, -0.15) is 0 Å². The summed E-state index contributed by atoms with van der Waals surface area (Å²) in [7, 11) is 0. The number of urea groups is 1. The molecule has 0 radical (unpaired) electrons. The molecule has 3 aromatic rings. The second kappa shape index (κ2) is 8.21. The molecule has 1 atom stereocenters. The molecule has 3 heterocycles. The van der Waals surface area contributed by atoms with E-state index in [1.807, 2.05) is 18.3 Å². The lowest BCUT2D eigenvalue weighted by Gasteiger charge is -2.32. The van der Waals surface area contributed by atoms with Crippen LogP contribution in [0.25, 0.3) is 0 Å². The lowest BCUT2D eigenvalue weighted by atomic mass is 9.97. The summed E-state index contributed by atoms with van der Waals surface area (Å²) < 4.78 is 15.9. The van der Waals surface area contributed by atoms with Gasteiger partial charge in [-0.25, -0.2) is 14.2 Å². The lowest BCUT2D eigenvalue weighted by molar-refractivity contribution is 0.190. The number of nitrogens with zero attached hydrogens (tertiary/aromatic N) is 4. The first kappa shape index (κ1) is 18.2. The van der Waals surface area contributed by atoms with Crippen molar-refractivity contribution in [2.75, 3.05) is 18.4 Å². The molecule has 1 saturated heterocycles. The summed E-state index contributed by atoms with van der Waals surface area (Å²) in [5.74, 6) is 0.689. The zero-order valence-corrected chi connectivity index (χ0v) is 15.5. The van der Waals surface area contributed by atoms with Crippen LogP contribution in [0.15, 0.2) is 61.2 Å². The van der Waals surface area contributed by atoms with E-state index in [-0.39, 0.29) is 17.6 Å². The lowest BCUT2D eigenvalue weighted by Crippen LogP contribution is -2.42. The molecule has 4 rings (SSSR count). The molecule has 144 valence electrons. The van der Waals surface area contributed by atoms with Crippen molar-refractivity contribution in [2.24, 2.45) is 0 Å². The maximum atomic E-state index is 13.8. The molecule has 1 fully saturated rings. The van der Waals surface area contributed by atoms with Crippen molar-refractivity contribution in [1.29, 1.82) is 0 Å². The summed E-state index contributed by atoms with van der Waals surface area (Å²) in [5, 5.41) is 2.68. The van der Waals surface area contributed by atoms with E-state index in [9.17, 15) is 9.18 Å². The Morgan fingerprint density at radius 1 is 1.18 bits per heavy atom. The molecule has 2 aromatic heterocycles. The van der Waals surface area contributed by atoms with E-state index in [1.165, 1.54) is 6.07 Å². The van der Waals surface area contributed by atoms with Crippen LogP contribution in [0.1, 0.15) is 30.1 Å². The molecule has 28 heavy (non-hydrogen) atoms. The van der Waals surface area contributed by atoms with E-state index in [1.54, 1.807) is 41.7 Å². The van der Waals surface area contributed by atoms with Gasteiger partial charge >= 0.3 is 6.03 Å². The Balaban J connectivity index is 1.45. The molecule has 7 heteroatoms. The summed E-state index contributed by atoms with van der Waals surface area (Å²) in [6.45, 7) is 1.94. The number of hydrogen-bond acceptors (Lipinski definition) is 3. The number of piperidine rings is 1. The third-order valence-corrected chi connectivity index (χ3v) is 5.04. The van der Waals surface area contributed by atoms with Gasteiger partial charge < -0.3 is 14.8 Å². The summed E-state index contributed by atoms with van der Waals surface area (Å²) in [6.07, 6.45) is 9.18. The highest BCUT2D eigenvalue weighted by atomic mass is 19.1. The first-order chi connectivity index (χ1) is 13.7. The fraction of sp³-hybridized carbons (Fsp3) is 0.286. The van der Waals surface area contributed by atoms with Crippen LogP contribution in [0.4, 0.5) is 14.9 Å². The minimum Gasteiger partial charge on any atom is -0.330 e. The van der Waals surface area contributed by atoms with Gasteiger partial charge in [0.2, 0.25) is 0 Å². The van der Waals surface area contributed by atoms with E-state index in [4.69, 9.17) is 0 Å². The Bertz CT molecular complexity index is 943. The summed E-state index contributed by atoms with van der Waals surface area (Å²) in [5.41, 5.74) is 1.35. The fourth-order valence-corrected chi connectivity index (χ4v) is 3.63. The monoisotopic (exact) mass is 379 g/mol. The third-order valence-electron chi connectivity index (χ3n) is 5.04. The number of halogens is 1. The molecule has 1 N–H and O–H groups in total. The zero-order valence-electron chi connectivity index (χ0n) is 15.5. The topological polar surface area (TPSA) is 63.1 Å². The smallest absolute Gasteiger partial charge is 0.321 e. The summed E-state index contributed by atoms with van der Waals surface area (Å²) >= 11 is 0. The maximum absolute atomic E-state index is 13.8. The number of hydrogen-bond donors (Lipinski definition) is 1. The number of carbonyl (C=O) groups is 1. The highest BCUT2D eigenvalue weighted by Crippen LogP contribution is 2.27. The standard InChI is InChI=1S/C21H22FN5O/c22-18-5-1-2-6-19(18)25-21(28)27-12-3-4-17(15-27)20-24-11-13-26(20)14-16-7-9-23-10-8-16/h1-2,5-11,13,17H,3-4,12,14-15H2,(H,25,28)/t17-/m1/s1. The van der Waals surface area contributed by atoms with E-state index in [2.05, 4.69) is 19.9 Å². The van der Waals surface area contributed by atoms with Crippen LogP contribution in [-0.2, 0) is 6.54 Å². The van der Waals surface area contributed by atoms with E-state index >= 15 is 0 Å². The number of benzene rings is 1. The van der Waals surface area contributed by atoms with Gasteiger partial charge in [0.15, 0.2) is 0 Å². The van der Waals surface area contributed by atoms with Gasteiger partial charge in [-0.3, -0.25) is 4.98 Å². The van der Waals surface area contributed by atoms with Gasteiger partial charge in [0, 0.05) is 50.3 Å². The van der Waals surface area contributed by atoms with Crippen LogP contribution in [0.2, 0.25) is 0 Å². The van der Waals surface area contributed by atoms with Gasteiger partial charge in [-0.15, -0.1) is 0 Å². The number of aromatic nitrogens is 3. The molecular formula is C21H22FN5O. The summed E-state index contributed by atoms with van der Waals surface area (Å²) in [6, 6.07) is 9.90. The van der Waals surface area contributed by atoms with Crippen LogP contribution in [0.3, 0.4) is 0 Å². The first-order valence-corrected chi connectivity index (χ1v) is 9.41. The Kier molecular flexibility index (Phi) is 5.32. The van der Waals surface area contributed by atoms with Crippen molar-refractivity contribution in [3.8, 4) is 0 Å². The second-order valence-corrected chi connectivity index (χ2v) is 6.96. The van der Waals surface area contributed by atoms with Crippen molar-refractivity contribution in [2.45, 2.75) is 25.3 Å². The fourth-order valence-electron chi connectivity index (χ4n) is 3.63. The number of rotatable bonds is 4. The maximum Gasteiger partial charge on any atom is 0.321 e.